The summed E-state index contributed by atoms with van der Waals surface area (Å²) in [6.45, 7) is 0. The van der Waals surface area contributed by atoms with Crippen LogP contribution in [0.5, 0.6) is 0 Å². The predicted octanol–water partition coefficient (Wildman–Crippen LogP) is -0.150. The van der Waals surface area contributed by atoms with Crippen LogP contribution in [0, 0.1) is 0 Å². The van der Waals surface area contributed by atoms with Gasteiger partial charge in [-0.1, -0.05) is 11.6 Å². The molecule has 8 heavy (non-hydrogen) atoms. The van der Waals surface area contributed by atoms with Gasteiger partial charge in [-0.3, -0.25) is 5.32 Å². The number of aliphatic imine (C=N–C) groups is 1. The Morgan fingerprint density at radius 2 is 2.62 bits per heavy atom. The van der Waals surface area contributed by atoms with Crippen molar-refractivity contribution in [1.29, 1.82) is 0 Å². The molecule has 0 spiro atoms. The summed E-state index contributed by atoms with van der Waals surface area (Å²) in [4.78, 5) is 13.9. The van der Waals surface area contributed by atoms with Crippen LogP contribution in [0.3, 0.4) is 0 Å². The van der Waals surface area contributed by atoms with Crippen molar-refractivity contribution < 1.29 is 4.79 Å². The van der Waals surface area contributed by atoms with Gasteiger partial charge in [0.25, 0.3) is 0 Å². The molecule has 0 aromatic rings. The molecule has 1 atom stereocenters. The summed E-state index contributed by atoms with van der Waals surface area (Å²) in [7, 11) is 0. The zero-order valence-electron chi connectivity index (χ0n) is 3.89. The smallest absolute Gasteiger partial charge is 0.303 e. The number of carbonyl (C=O) groups is 1. The molecular formula is C3H4ClN3O. The monoisotopic (exact) mass is 133 g/mol. The number of amides is 2. The molecule has 2 amide bonds. The standard InChI is InChI=1S/C3H4ClN3O/c4-2-5-1-6-3(8)7-2/h1-2H,(H2,5,6,7,8). The average molecular weight is 134 g/mol. The summed E-state index contributed by atoms with van der Waals surface area (Å²) in [5.41, 5.74) is -0.608. The van der Waals surface area contributed by atoms with Gasteiger partial charge in [-0.05, 0) is 0 Å². The Balaban J connectivity index is 2.54. The molecule has 0 saturated carbocycles. The zero-order chi connectivity index (χ0) is 5.98. The number of hydrogen-bond acceptors (Lipinski definition) is 2. The molecule has 1 unspecified atom stereocenters. The molecule has 1 aliphatic heterocycles. The van der Waals surface area contributed by atoms with E-state index in [-0.39, 0.29) is 6.03 Å². The first-order valence-corrected chi connectivity index (χ1v) is 2.45. The third kappa shape index (κ3) is 1.10. The third-order valence-corrected chi connectivity index (χ3v) is 0.873. The highest BCUT2D eigenvalue weighted by Crippen LogP contribution is 1.92. The van der Waals surface area contributed by atoms with Crippen LogP contribution >= 0.6 is 11.6 Å². The molecule has 1 rings (SSSR count). The maximum absolute atomic E-state index is 10.3. The molecule has 2 N–H and O–H groups in total. The van der Waals surface area contributed by atoms with E-state index in [1.54, 1.807) is 0 Å². The fourth-order valence-electron chi connectivity index (χ4n) is 0.348. The van der Waals surface area contributed by atoms with Crippen molar-refractivity contribution in [3.63, 3.8) is 0 Å². The van der Waals surface area contributed by atoms with Crippen LogP contribution in [-0.2, 0) is 0 Å². The highest BCUT2D eigenvalue weighted by molar-refractivity contribution is 6.22. The molecule has 0 aliphatic carbocycles. The van der Waals surface area contributed by atoms with Gasteiger partial charge in [0.15, 0.2) is 0 Å². The van der Waals surface area contributed by atoms with Crippen LogP contribution in [0.2, 0.25) is 0 Å². The Labute approximate surface area is 50.9 Å². The molecule has 1 heterocycles. The molecule has 0 saturated heterocycles. The minimum Gasteiger partial charge on any atom is -0.303 e. The molecule has 5 heteroatoms. The maximum atomic E-state index is 10.3. The molecule has 0 radical (unpaired) electrons. The zero-order valence-corrected chi connectivity index (χ0v) is 4.64. The number of carbonyl (C=O) groups excluding carboxylic acids is 1. The van der Waals surface area contributed by atoms with Gasteiger partial charge in [0.2, 0.25) is 5.62 Å². The van der Waals surface area contributed by atoms with E-state index in [1.807, 2.05) is 0 Å². The fraction of sp³-hybridized carbons (Fsp3) is 0.333. The number of hydrogen-bond donors (Lipinski definition) is 2. The molecule has 4 nitrogen and oxygen atoms in total. The van der Waals surface area contributed by atoms with Crippen LogP contribution in [0.4, 0.5) is 4.79 Å². The largest absolute Gasteiger partial charge is 0.322 e. The van der Waals surface area contributed by atoms with Crippen molar-refractivity contribution in [3.8, 4) is 0 Å². The second kappa shape index (κ2) is 2.00. The van der Waals surface area contributed by atoms with Crippen molar-refractivity contribution >= 4 is 24.0 Å². The summed E-state index contributed by atoms with van der Waals surface area (Å²) in [5, 5.41) is 4.58. The van der Waals surface area contributed by atoms with Gasteiger partial charge in [0.05, 0.1) is 6.34 Å². The van der Waals surface area contributed by atoms with Crippen molar-refractivity contribution in [2.45, 2.75) is 5.62 Å². The number of nitrogens with one attached hydrogen (secondary N) is 2. The number of alkyl halides is 1. The molecule has 1 aliphatic rings. The van der Waals surface area contributed by atoms with Crippen LogP contribution in [0.15, 0.2) is 4.99 Å². The fourth-order valence-corrected chi connectivity index (χ4v) is 0.504. The first-order valence-electron chi connectivity index (χ1n) is 2.02. The Bertz CT molecular complexity index is 134. The third-order valence-electron chi connectivity index (χ3n) is 0.651. The minimum atomic E-state index is -0.608. The summed E-state index contributed by atoms with van der Waals surface area (Å²) < 4.78 is 0. The quantitative estimate of drug-likeness (QED) is 0.351. The lowest BCUT2D eigenvalue weighted by molar-refractivity contribution is 0.243. The highest BCUT2D eigenvalue weighted by Gasteiger charge is 2.08. The van der Waals surface area contributed by atoms with Crippen LogP contribution in [0.1, 0.15) is 0 Å². The predicted molar refractivity (Wildman–Crippen MR) is 29.8 cm³/mol. The van der Waals surface area contributed by atoms with Gasteiger partial charge < -0.3 is 5.32 Å². The van der Waals surface area contributed by atoms with Crippen molar-refractivity contribution in [2.75, 3.05) is 0 Å². The maximum Gasteiger partial charge on any atom is 0.322 e. The van der Waals surface area contributed by atoms with E-state index < -0.39 is 5.62 Å². The Morgan fingerprint density at radius 1 is 1.88 bits per heavy atom. The summed E-state index contributed by atoms with van der Waals surface area (Å²) in [5.74, 6) is 0. The average Bonchev–Trinajstić information content (AvgIpc) is 1.64. The van der Waals surface area contributed by atoms with E-state index >= 15 is 0 Å². The van der Waals surface area contributed by atoms with E-state index in [2.05, 4.69) is 15.6 Å². The Kier molecular flexibility index (Phi) is 1.34. The summed E-state index contributed by atoms with van der Waals surface area (Å²) >= 11 is 5.34. The number of halogens is 1. The van der Waals surface area contributed by atoms with Crippen LogP contribution < -0.4 is 10.6 Å². The van der Waals surface area contributed by atoms with E-state index in [0.29, 0.717) is 0 Å². The van der Waals surface area contributed by atoms with Crippen LogP contribution in [-0.4, -0.2) is 18.0 Å². The lowest BCUT2D eigenvalue weighted by atomic mass is 10.8. The molecule has 0 aromatic heterocycles. The van der Waals surface area contributed by atoms with Crippen molar-refractivity contribution in [3.05, 3.63) is 0 Å². The second-order valence-electron chi connectivity index (χ2n) is 1.23. The van der Waals surface area contributed by atoms with Gasteiger partial charge in [0, 0.05) is 0 Å². The van der Waals surface area contributed by atoms with E-state index in [0.717, 1.165) is 0 Å². The number of urea groups is 1. The van der Waals surface area contributed by atoms with Gasteiger partial charge in [0.1, 0.15) is 0 Å². The van der Waals surface area contributed by atoms with Crippen molar-refractivity contribution in [2.24, 2.45) is 4.99 Å². The normalized spacial score (nSPS) is 26.6. The van der Waals surface area contributed by atoms with E-state index in [9.17, 15) is 4.79 Å². The summed E-state index contributed by atoms with van der Waals surface area (Å²) in [6.07, 6.45) is 1.26. The Morgan fingerprint density at radius 3 is 3.00 bits per heavy atom. The minimum absolute atomic E-state index is 0.319. The lowest BCUT2D eigenvalue weighted by Crippen LogP contribution is -2.42. The number of nitrogens with zero attached hydrogens (tertiary/aromatic N) is 1. The molecule has 0 bridgehead atoms. The van der Waals surface area contributed by atoms with Crippen LogP contribution in [0.25, 0.3) is 0 Å². The van der Waals surface area contributed by atoms with E-state index in [4.69, 9.17) is 11.6 Å². The van der Waals surface area contributed by atoms with Gasteiger partial charge >= 0.3 is 6.03 Å². The lowest BCUT2D eigenvalue weighted by Gasteiger charge is -2.10. The van der Waals surface area contributed by atoms with Crippen molar-refractivity contribution in [1.82, 2.24) is 10.6 Å². The molecule has 44 valence electrons. The van der Waals surface area contributed by atoms with E-state index in [1.165, 1.54) is 6.34 Å². The Hall–Kier alpha value is -0.770. The SMILES string of the molecule is O=C1NC=NC(Cl)N1. The highest BCUT2D eigenvalue weighted by atomic mass is 35.5. The van der Waals surface area contributed by atoms with Gasteiger partial charge in [-0.15, -0.1) is 0 Å². The molecular weight excluding hydrogens is 130 g/mol. The molecule has 0 aromatic carbocycles. The topological polar surface area (TPSA) is 53.5 Å². The molecule has 0 fully saturated rings. The first-order chi connectivity index (χ1) is 3.79. The first kappa shape index (κ1) is 5.37. The van der Waals surface area contributed by atoms with Gasteiger partial charge in [-0.25, -0.2) is 9.79 Å². The summed E-state index contributed by atoms with van der Waals surface area (Å²) in [6, 6.07) is -0.319. The second-order valence-corrected chi connectivity index (χ2v) is 1.65. The number of rotatable bonds is 0. The van der Waals surface area contributed by atoms with Gasteiger partial charge in [-0.2, -0.15) is 0 Å².